The van der Waals surface area contributed by atoms with Gasteiger partial charge >= 0.3 is 13.1 Å². The van der Waals surface area contributed by atoms with Crippen LogP contribution < -0.4 is 0 Å². The molecule has 0 saturated carbocycles. The second-order valence-corrected chi connectivity index (χ2v) is 6.91. The molecule has 120 valence electrons. The molecule has 1 unspecified atom stereocenters. The first-order valence-corrected chi connectivity index (χ1v) is 7.48. The van der Waals surface area contributed by atoms with Crippen LogP contribution in [0.25, 0.3) is 0 Å². The third-order valence-corrected chi connectivity index (χ3v) is 4.72. The number of carbonyl (C=O) groups is 1. The molecule has 1 heterocycles. The zero-order chi connectivity index (χ0) is 16.7. The van der Waals surface area contributed by atoms with Gasteiger partial charge in [-0.1, -0.05) is 17.7 Å². The normalized spacial score (nSPS) is 20.9. The van der Waals surface area contributed by atoms with Crippen molar-refractivity contribution in [3.8, 4) is 5.75 Å². The monoisotopic (exact) mass is 326 g/mol. The van der Waals surface area contributed by atoms with Crippen molar-refractivity contribution in [3.63, 3.8) is 0 Å². The van der Waals surface area contributed by atoms with Crippen LogP contribution in [0.15, 0.2) is 18.2 Å². The predicted molar refractivity (Wildman–Crippen MR) is 84.2 cm³/mol. The first kappa shape index (κ1) is 17.1. The fourth-order valence-corrected chi connectivity index (χ4v) is 2.78. The molecule has 1 aliphatic heterocycles. The molecule has 1 aromatic carbocycles. The fraction of sp³-hybridized carbons (Fsp3) is 0.533. The molecule has 22 heavy (non-hydrogen) atoms. The van der Waals surface area contributed by atoms with E-state index in [-0.39, 0.29) is 12.2 Å². The number of halogens is 1. The topological polar surface area (TPSA) is 76.0 Å². The molecule has 2 rings (SSSR count). The number of aliphatic carboxylic acids is 1. The Balaban J connectivity index is 2.43. The molecule has 1 atom stereocenters. The van der Waals surface area contributed by atoms with Crippen LogP contribution in [0.3, 0.4) is 0 Å². The van der Waals surface area contributed by atoms with Crippen LogP contribution in [0.4, 0.5) is 0 Å². The summed E-state index contributed by atoms with van der Waals surface area (Å²) >= 11 is 6.16. The number of phenolic OH excluding ortho intramolecular Hbond substituents is 1. The Labute approximate surface area is 135 Å². The fourth-order valence-electron chi connectivity index (χ4n) is 2.47. The lowest BCUT2D eigenvalue weighted by Gasteiger charge is -2.32. The number of rotatable bonds is 4. The highest BCUT2D eigenvalue weighted by atomic mass is 35.5. The van der Waals surface area contributed by atoms with Crippen LogP contribution in [0.5, 0.6) is 5.75 Å². The van der Waals surface area contributed by atoms with E-state index in [1.54, 1.807) is 12.1 Å². The Kier molecular flexibility index (Phi) is 4.48. The van der Waals surface area contributed by atoms with Crippen molar-refractivity contribution in [1.82, 2.24) is 0 Å². The van der Waals surface area contributed by atoms with Crippen LogP contribution in [-0.2, 0) is 14.1 Å². The summed E-state index contributed by atoms with van der Waals surface area (Å²) in [5.41, 5.74) is -0.846. The van der Waals surface area contributed by atoms with E-state index < -0.39 is 30.1 Å². The van der Waals surface area contributed by atoms with E-state index in [9.17, 15) is 15.0 Å². The van der Waals surface area contributed by atoms with Crippen molar-refractivity contribution in [3.05, 3.63) is 28.8 Å². The number of aromatic hydroxyl groups is 1. The summed E-state index contributed by atoms with van der Waals surface area (Å²) in [7, 11) is -0.799. The molecule has 0 bridgehead atoms. The summed E-state index contributed by atoms with van der Waals surface area (Å²) in [6, 6.07) is 4.68. The van der Waals surface area contributed by atoms with Gasteiger partial charge in [0.15, 0.2) is 0 Å². The van der Waals surface area contributed by atoms with E-state index in [1.807, 2.05) is 27.7 Å². The highest BCUT2D eigenvalue weighted by Gasteiger charge is 2.54. The minimum atomic E-state index is -1.01. The third-order valence-electron chi connectivity index (χ3n) is 4.40. The Hall–Kier alpha value is -1.24. The zero-order valence-corrected chi connectivity index (χ0v) is 13.8. The molecular weight excluding hydrogens is 306 g/mol. The van der Waals surface area contributed by atoms with Gasteiger partial charge in [-0.05, 0) is 39.8 Å². The van der Waals surface area contributed by atoms with E-state index in [1.165, 1.54) is 6.07 Å². The van der Waals surface area contributed by atoms with Crippen molar-refractivity contribution in [2.24, 2.45) is 0 Å². The zero-order valence-electron chi connectivity index (χ0n) is 13.1. The molecule has 1 aromatic rings. The molecule has 0 spiro atoms. The quantitative estimate of drug-likeness (QED) is 0.831. The van der Waals surface area contributed by atoms with Crippen molar-refractivity contribution in [2.45, 2.75) is 51.1 Å². The molecule has 0 aromatic heterocycles. The number of hydrogen-bond acceptors (Lipinski definition) is 4. The third kappa shape index (κ3) is 3.09. The highest BCUT2D eigenvalue weighted by Crippen LogP contribution is 2.44. The van der Waals surface area contributed by atoms with Gasteiger partial charge in [0.2, 0.25) is 0 Å². The number of carboxylic acids is 1. The second kappa shape index (κ2) is 5.76. The SMILES string of the molecule is CC1(C)OB(C(CC(=O)O)c2c(O)cccc2Cl)OC1(C)C. The van der Waals surface area contributed by atoms with Gasteiger partial charge < -0.3 is 19.5 Å². The number of benzene rings is 1. The van der Waals surface area contributed by atoms with Crippen LogP contribution in [-0.4, -0.2) is 34.5 Å². The van der Waals surface area contributed by atoms with Gasteiger partial charge in [-0.3, -0.25) is 4.79 Å². The van der Waals surface area contributed by atoms with Crippen molar-refractivity contribution < 1.29 is 24.3 Å². The first-order chi connectivity index (χ1) is 10.0. The molecule has 0 aliphatic carbocycles. The van der Waals surface area contributed by atoms with Crippen LogP contribution in [0.2, 0.25) is 5.02 Å². The summed E-state index contributed by atoms with van der Waals surface area (Å²) in [5, 5.41) is 19.6. The molecule has 1 fully saturated rings. The molecule has 1 saturated heterocycles. The molecular formula is C15H20BClO5. The largest absolute Gasteiger partial charge is 0.508 e. The minimum absolute atomic E-state index is 0.0616. The maximum Gasteiger partial charge on any atom is 0.466 e. The molecule has 2 N–H and O–H groups in total. The summed E-state index contributed by atoms with van der Waals surface area (Å²) in [6.45, 7) is 7.54. The lowest BCUT2D eigenvalue weighted by molar-refractivity contribution is -0.137. The first-order valence-electron chi connectivity index (χ1n) is 7.10. The van der Waals surface area contributed by atoms with E-state index in [2.05, 4.69) is 0 Å². The summed E-state index contributed by atoms with van der Waals surface area (Å²) in [6.07, 6.45) is -0.256. The average Bonchev–Trinajstić information content (AvgIpc) is 2.56. The lowest BCUT2D eigenvalue weighted by Crippen LogP contribution is -2.41. The van der Waals surface area contributed by atoms with E-state index >= 15 is 0 Å². The van der Waals surface area contributed by atoms with Gasteiger partial charge in [-0.25, -0.2) is 0 Å². The lowest BCUT2D eigenvalue weighted by atomic mass is 9.66. The standard InChI is InChI=1S/C15H20BClO5/c1-14(2)15(3,4)22-16(21-14)9(8-12(19)20)13-10(17)6-5-7-11(13)18/h5-7,9,18H,8H2,1-4H3,(H,19,20). The van der Waals surface area contributed by atoms with Crippen molar-refractivity contribution in [1.29, 1.82) is 0 Å². The Morgan fingerprint density at radius 2 is 1.82 bits per heavy atom. The Bertz CT molecular complexity index is 551. The van der Waals surface area contributed by atoms with Crippen LogP contribution in [0, 0.1) is 0 Å². The molecule has 5 nitrogen and oxygen atoms in total. The Morgan fingerprint density at radius 3 is 2.27 bits per heavy atom. The van der Waals surface area contributed by atoms with E-state index in [0.29, 0.717) is 10.6 Å². The van der Waals surface area contributed by atoms with Gasteiger partial charge in [-0.2, -0.15) is 0 Å². The number of carboxylic acid groups (broad SMARTS) is 1. The minimum Gasteiger partial charge on any atom is -0.508 e. The molecule has 0 radical (unpaired) electrons. The van der Waals surface area contributed by atoms with Gasteiger partial charge in [-0.15, -0.1) is 0 Å². The van der Waals surface area contributed by atoms with Crippen LogP contribution >= 0.6 is 11.6 Å². The smallest absolute Gasteiger partial charge is 0.466 e. The maximum atomic E-state index is 11.2. The van der Waals surface area contributed by atoms with Gasteiger partial charge in [0.25, 0.3) is 0 Å². The molecule has 0 amide bonds. The summed E-state index contributed by atoms with van der Waals surface area (Å²) in [4.78, 5) is 11.2. The van der Waals surface area contributed by atoms with E-state index in [0.717, 1.165) is 0 Å². The number of phenols is 1. The van der Waals surface area contributed by atoms with Gasteiger partial charge in [0.05, 0.1) is 17.6 Å². The van der Waals surface area contributed by atoms with Crippen molar-refractivity contribution >= 4 is 24.7 Å². The average molecular weight is 327 g/mol. The Morgan fingerprint density at radius 1 is 1.27 bits per heavy atom. The number of hydrogen-bond donors (Lipinski definition) is 2. The maximum absolute atomic E-state index is 11.2. The molecule has 7 heteroatoms. The van der Waals surface area contributed by atoms with Crippen LogP contribution in [0.1, 0.15) is 45.5 Å². The summed E-state index contributed by atoms with van der Waals surface area (Å²) in [5.74, 6) is -1.78. The summed E-state index contributed by atoms with van der Waals surface area (Å²) < 4.78 is 11.9. The second-order valence-electron chi connectivity index (χ2n) is 6.50. The predicted octanol–water partition coefficient (Wildman–Crippen LogP) is 3.24. The van der Waals surface area contributed by atoms with Crippen molar-refractivity contribution in [2.75, 3.05) is 0 Å². The molecule has 1 aliphatic rings. The van der Waals surface area contributed by atoms with E-state index in [4.69, 9.17) is 20.9 Å². The van der Waals surface area contributed by atoms with Gasteiger partial charge in [0.1, 0.15) is 5.75 Å². The van der Waals surface area contributed by atoms with Gasteiger partial charge in [0, 0.05) is 16.4 Å². The highest BCUT2D eigenvalue weighted by molar-refractivity contribution is 6.48.